The zero-order valence-corrected chi connectivity index (χ0v) is 12.8. The fourth-order valence-corrected chi connectivity index (χ4v) is 2.15. The second-order valence-corrected chi connectivity index (χ2v) is 5.16. The number of fused-ring (bicyclic) bond motifs is 1. The van der Waals surface area contributed by atoms with E-state index in [9.17, 15) is 19.1 Å². The molecule has 2 aromatic heterocycles. The number of aliphatic hydroxyl groups is 1. The molecule has 2 heterocycles. The van der Waals surface area contributed by atoms with Gasteiger partial charge in [0.15, 0.2) is 11.4 Å². The highest BCUT2D eigenvalue weighted by molar-refractivity contribution is 6.04. The van der Waals surface area contributed by atoms with Gasteiger partial charge < -0.3 is 20.2 Å². The molecule has 0 spiro atoms. The quantitative estimate of drug-likeness (QED) is 0.502. The van der Waals surface area contributed by atoms with E-state index in [1.807, 2.05) is 0 Å². The molecule has 0 aliphatic heterocycles. The summed E-state index contributed by atoms with van der Waals surface area (Å²) in [5.41, 5.74) is 0.788. The number of hydrogen-bond acceptors (Lipinski definition) is 7. The van der Waals surface area contributed by atoms with Crippen LogP contribution < -0.4 is 16.4 Å². The molecule has 0 saturated carbocycles. The Labute approximate surface area is 139 Å². The Morgan fingerprint density at radius 2 is 2.08 bits per heavy atom. The van der Waals surface area contributed by atoms with E-state index in [-0.39, 0.29) is 35.7 Å². The number of nitrogens with zero attached hydrogens (tertiary/aromatic N) is 2. The SMILES string of the molecule is O=C(NCC(O)CNc1ncc(F)cn1)c1cccc2oc(=O)[nH]c12. The number of anilines is 1. The molecule has 0 aliphatic carbocycles. The van der Waals surface area contributed by atoms with Gasteiger partial charge in [0, 0.05) is 13.1 Å². The molecule has 130 valence electrons. The Morgan fingerprint density at radius 1 is 1.32 bits per heavy atom. The van der Waals surface area contributed by atoms with Gasteiger partial charge in [0.05, 0.1) is 29.6 Å². The number of H-pyrrole nitrogens is 1. The lowest BCUT2D eigenvalue weighted by Gasteiger charge is -2.13. The monoisotopic (exact) mass is 347 g/mol. The van der Waals surface area contributed by atoms with Crippen LogP contribution in [0.5, 0.6) is 0 Å². The van der Waals surface area contributed by atoms with Crippen LogP contribution in [0.3, 0.4) is 0 Å². The lowest BCUT2D eigenvalue weighted by atomic mass is 10.1. The zero-order valence-electron chi connectivity index (χ0n) is 12.8. The van der Waals surface area contributed by atoms with Crippen molar-refractivity contribution in [3.63, 3.8) is 0 Å². The predicted molar refractivity (Wildman–Crippen MR) is 85.7 cm³/mol. The Morgan fingerprint density at radius 3 is 2.84 bits per heavy atom. The molecular weight excluding hydrogens is 333 g/mol. The van der Waals surface area contributed by atoms with Gasteiger partial charge in [-0.05, 0) is 12.1 Å². The highest BCUT2D eigenvalue weighted by Crippen LogP contribution is 2.14. The number of rotatable bonds is 6. The molecule has 9 nitrogen and oxygen atoms in total. The Balaban J connectivity index is 1.56. The Kier molecular flexibility index (Phi) is 4.70. The number of oxazole rings is 1. The average Bonchev–Trinajstić information content (AvgIpc) is 2.99. The van der Waals surface area contributed by atoms with Gasteiger partial charge in [0.25, 0.3) is 5.91 Å². The topological polar surface area (TPSA) is 133 Å². The maximum atomic E-state index is 12.7. The minimum atomic E-state index is -0.930. The number of carbonyl (C=O) groups is 1. The van der Waals surface area contributed by atoms with Crippen molar-refractivity contribution in [3.05, 3.63) is 52.5 Å². The smallest absolute Gasteiger partial charge is 0.408 e. The van der Waals surface area contributed by atoms with E-state index in [2.05, 4.69) is 25.6 Å². The molecule has 3 rings (SSSR count). The second-order valence-electron chi connectivity index (χ2n) is 5.16. The van der Waals surface area contributed by atoms with Crippen LogP contribution in [0, 0.1) is 5.82 Å². The van der Waals surface area contributed by atoms with Crippen molar-refractivity contribution in [3.8, 4) is 0 Å². The van der Waals surface area contributed by atoms with Crippen molar-refractivity contribution in [2.45, 2.75) is 6.10 Å². The highest BCUT2D eigenvalue weighted by Gasteiger charge is 2.14. The summed E-state index contributed by atoms with van der Waals surface area (Å²) >= 11 is 0. The van der Waals surface area contributed by atoms with E-state index in [0.717, 1.165) is 12.4 Å². The fraction of sp³-hybridized carbons (Fsp3) is 0.200. The molecule has 0 bridgehead atoms. The number of aromatic nitrogens is 3. The van der Waals surface area contributed by atoms with Gasteiger partial charge in [-0.25, -0.2) is 19.2 Å². The molecule has 0 aliphatic rings. The number of hydrogen-bond donors (Lipinski definition) is 4. The molecule has 25 heavy (non-hydrogen) atoms. The molecule has 10 heteroatoms. The van der Waals surface area contributed by atoms with Crippen molar-refractivity contribution >= 4 is 23.0 Å². The first-order valence-electron chi connectivity index (χ1n) is 7.32. The molecule has 0 radical (unpaired) electrons. The van der Waals surface area contributed by atoms with Crippen molar-refractivity contribution < 1.29 is 18.7 Å². The van der Waals surface area contributed by atoms with E-state index in [4.69, 9.17) is 4.42 Å². The lowest BCUT2D eigenvalue weighted by molar-refractivity contribution is 0.0923. The summed E-state index contributed by atoms with van der Waals surface area (Å²) in [6.07, 6.45) is 1.06. The van der Waals surface area contributed by atoms with Gasteiger partial charge in [-0.2, -0.15) is 0 Å². The maximum absolute atomic E-state index is 12.7. The summed E-state index contributed by atoms with van der Waals surface area (Å²) in [6, 6.07) is 4.67. The minimum absolute atomic E-state index is 0.0501. The minimum Gasteiger partial charge on any atom is -0.408 e. The number of halogens is 1. The summed E-state index contributed by atoms with van der Waals surface area (Å²) < 4.78 is 17.6. The van der Waals surface area contributed by atoms with Crippen molar-refractivity contribution in [1.29, 1.82) is 0 Å². The number of para-hydroxylation sites is 1. The van der Waals surface area contributed by atoms with Gasteiger partial charge in [0.2, 0.25) is 5.95 Å². The number of amides is 1. The molecule has 1 atom stereocenters. The van der Waals surface area contributed by atoms with Crippen LogP contribution in [0.25, 0.3) is 11.1 Å². The average molecular weight is 347 g/mol. The third kappa shape index (κ3) is 3.98. The first-order valence-corrected chi connectivity index (χ1v) is 7.32. The third-order valence-electron chi connectivity index (χ3n) is 3.31. The molecule has 1 unspecified atom stereocenters. The van der Waals surface area contributed by atoms with E-state index in [1.165, 1.54) is 6.07 Å². The van der Waals surface area contributed by atoms with Crippen LogP contribution in [0.2, 0.25) is 0 Å². The first kappa shape index (κ1) is 16.6. The van der Waals surface area contributed by atoms with Crippen molar-refractivity contribution in [2.24, 2.45) is 0 Å². The number of nitrogens with one attached hydrogen (secondary N) is 3. The largest absolute Gasteiger partial charge is 0.417 e. The molecule has 3 aromatic rings. The van der Waals surface area contributed by atoms with Gasteiger partial charge in [-0.15, -0.1) is 0 Å². The van der Waals surface area contributed by atoms with E-state index in [1.54, 1.807) is 12.1 Å². The van der Waals surface area contributed by atoms with Gasteiger partial charge in [0.1, 0.15) is 0 Å². The lowest BCUT2D eigenvalue weighted by Crippen LogP contribution is -2.36. The van der Waals surface area contributed by atoms with Gasteiger partial charge >= 0.3 is 5.76 Å². The molecule has 0 fully saturated rings. The van der Waals surface area contributed by atoms with Gasteiger partial charge in [-0.1, -0.05) is 6.07 Å². The summed E-state index contributed by atoms with van der Waals surface area (Å²) in [7, 11) is 0. The zero-order chi connectivity index (χ0) is 17.8. The highest BCUT2D eigenvalue weighted by atomic mass is 19.1. The summed E-state index contributed by atoms with van der Waals surface area (Å²) in [5.74, 6) is -1.53. The number of aliphatic hydroxyl groups excluding tert-OH is 1. The third-order valence-corrected chi connectivity index (χ3v) is 3.31. The van der Waals surface area contributed by atoms with Gasteiger partial charge in [-0.3, -0.25) is 9.78 Å². The first-order chi connectivity index (χ1) is 12.0. The number of carbonyl (C=O) groups excluding carboxylic acids is 1. The predicted octanol–water partition coefficient (Wildman–Crippen LogP) is 0.253. The Bertz CT molecular complexity index is 937. The van der Waals surface area contributed by atoms with Crippen LogP contribution in [0.1, 0.15) is 10.4 Å². The van der Waals surface area contributed by atoms with Crippen molar-refractivity contribution in [2.75, 3.05) is 18.4 Å². The molecule has 4 N–H and O–H groups in total. The van der Waals surface area contributed by atoms with Crippen LogP contribution >= 0.6 is 0 Å². The van der Waals surface area contributed by atoms with Crippen molar-refractivity contribution in [1.82, 2.24) is 20.3 Å². The summed E-state index contributed by atoms with van der Waals surface area (Å²) in [6.45, 7) is 0.00412. The van der Waals surface area contributed by atoms with E-state index < -0.39 is 23.6 Å². The fourth-order valence-electron chi connectivity index (χ4n) is 2.15. The van der Waals surface area contributed by atoms with E-state index in [0.29, 0.717) is 0 Å². The van der Waals surface area contributed by atoms with Crippen LogP contribution in [0.15, 0.2) is 39.8 Å². The standard InChI is InChI=1S/C15H14FN5O4/c16-8-4-18-14(19-5-8)20-7-9(22)6-17-13(23)10-2-1-3-11-12(10)21-15(24)25-11/h1-5,9,22H,6-7H2,(H,17,23)(H,21,24)(H,18,19,20). The summed E-state index contributed by atoms with van der Waals surface area (Å²) in [4.78, 5) is 33.3. The van der Waals surface area contributed by atoms with Crippen LogP contribution in [-0.4, -0.2) is 45.2 Å². The van der Waals surface area contributed by atoms with Crippen LogP contribution in [-0.2, 0) is 0 Å². The number of benzene rings is 1. The molecular formula is C15H14FN5O4. The van der Waals surface area contributed by atoms with E-state index >= 15 is 0 Å². The molecule has 1 amide bonds. The molecule has 0 saturated heterocycles. The number of aromatic amines is 1. The second kappa shape index (κ2) is 7.09. The normalized spacial score (nSPS) is 12.1. The Hall–Kier alpha value is -3.27. The maximum Gasteiger partial charge on any atom is 0.417 e. The van der Waals surface area contributed by atoms with Crippen LogP contribution in [0.4, 0.5) is 10.3 Å². The summed E-state index contributed by atoms with van der Waals surface area (Å²) in [5, 5.41) is 15.2. The molecule has 1 aromatic carbocycles.